The summed E-state index contributed by atoms with van der Waals surface area (Å²) in [5.41, 5.74) is 0.159. The van der Waals surface area contributed by atoms with E-state index < -0.39 is 5.60 Å². The van der Waals surface area contributed by atoms with Crippen LogP contribution >= 0.6 is 0 Å². The van der Waals surface area contributed by atoms with Gasteiger partial charge >= 0.3 is 6.09 Å². The monoisotopic (exact) mass is 211 g/mol. The second-order valence-corrected chi connectivity index (χ2v) is 4.71. The Bertz CT molecular complexity index is 297. The van der Waals surface area contributed by atoms with Crippen molar-refractivity contribution in [1.29, 1.82) is 0 Å². The number of hydrogen-bond donors (Lipinski definition) is 0. The maximum Gasteiger partial charge on any atom is 0.410 e. The summed E-state index contributed by atoms with van der Waals surface area (Å²) in [4.78, 5) is 23.7. The second-order valence-electron chi connectivity index (χ2n) is 4.71. The molecule has 0 aliphatic carbocycles. The summed E-state index contributed by atoms with van der Waals surface area (Å²) in [6.45, 7) is 6.49. The van der Waals surface area contributed by atoms with Gasteiger partial charge in [-0.15, -0.1) is 0 Å². The smallest absolute Gasteiger partial charge is 0.410 e. The number of amides is 1. The molecule has 1 saturated heterocycles. The SMILES string of the molecule is CC(C)(C)OC(=O)N1CCCC(=C=O)C1. The third-order valence-electron chi connectivity index (χ3n) is 2.08. The molecule has 0 unspecified atom stereocenters. The van der Waals surface area contributed by atoms with Crippen molar-refractivity contribution in [2.24, 2.45) is 0 Å². The standard InChI is InChI=1S/C11H17NO3/c1-11(2,3)15-10(14)12-6-4-5-9(7-12)8-13/h4-7H2,1-3H3. The molecule has 1 aliphatic rings. The van der Waals surface area contributed by atoms with Gasteiger partial charge in [-0.2, -0.15) is 0 Å². The minimum absolute atomic E-state index is 0.352. The predicted octanol–water partition coefficient (Wildman–Crippen LogP) is 1.78. The molecule has 0 N–H and O–H groups in total. The molecule has 0 radical (unpaired) electrons. The van der Waals surface area contributed by atoms with E-state index in [0.717, 1.165) is 12.8 Å². The van der Waals surface area contributed by atoms with Crippen LogP contribution in [0.1, 0.15) is 33.6 Å². The Kier molecular flexibility index (Phi) is 3.53. The number of piperidine rings is 1. The van der Waals surface area contributed by atoms with Crippen molar-refractivity contribution < 1.29 is 14.3 Å². The van der Waals surface area contributed by atoms with Gasteiger partial charge in [0.1, 0.15) is 11.5 Å². The highest BCUT2D eigenvalue weighted by Gasteiger charge is 2.25. The van der Waals surface area contributed by atoms with Gasteiger partial charge in [0.25, 0.3) is 0 Å². The third kappa shape index (κ3) is 3.76. The van der Waals surface area contributed by atoms with Crippen LogP contribution < -0.4 is 0 Å². The summed E-state index contributed by atoms with van der Waals surface area (Å²) in [5, 5.41) is 0. The molecule has 4 nitrogen and oxygen atoms in total. The minimum atomic E-state index is -0.487. The van der Waals surface area contributed by atoms with E-state index in [2.05, 4.69) is 0 Å². The van der Waals surface area contributed by atoms with Crippen LogP contribution in [0, 0.1) is 0 Å². The van der Waals surface area contributed by atoms with Gasteiger partial charge in [-0.05, 0) is 33.6 Å². The van der Waals surface area contributed by atoms with Crippen LogP contribution in [-0.4, -0.2) is 35.6 Å². The molecular weight excluding hydrogens is 194 g/mol. The van der Waals surface area contributed by atoms with Gasteiger partial charge in [-0.25, -0.2) is 9.59 Å². The summed E-state index contributed by atoms with van der Waals surface area (Å²) in [6.07, 6.45) is 1.20. The van der Waals surface area contributed by atoms with Gasteiger partial charge in [-0.1, -0.05) is 0 Å². The van der Waals surface area contributed by atoms with E-state index in [1.165, 1.54) is 0 Å². The summed E-state index contributed by atoms with van der Waals surface area (Å²) < 4.78 is 5.21. The maximum absolute atomic E-state index is 11.6. The van der Waals surface area contributed by atoms with Crippen LogP contribution in [0.15, 0.2) is 5.57 Å². The van der Waals surface area contributed by atoms with E-state index in [1.54, 1.807) is 4.90 Å². The summed E-state index contributed by atoms with van der Waals surface area (Å²) in [7, 11) is 0. The van der Waals surface area contributed by atoms with E-state index >= 15 is 0 Å². The number of ether oxygens (including phenoxy) is 1. The molecule has 4 heteroatoms. The molecule has 1 rings (SSSR count). The molecule has 84 valence electrons. The number of nitrogens with zero attached hydrogens (tertiary/aromatic N) is 1. The van der Waals surface area contributed by atoms with E-state index in [4.69, 9.17) is 4.74 Å². The lowest BCUT2D eigenvalue weighted by Crippen LogP contribution is -2.40. The Morgan fingerprint density at radius 3 is 2.67 bits per heavy atom. The van der Waals surface area contributed by atoms with Crippen LogP contribution in [0.2, 0.25) is 0 Å². The van der Waals surface area contributed by atoms with Crippen molar-refractivity contribution in [1.82, 2.24) is 4.90 Å². The van der Waals surface area contributed by atoms with Crippen LogP contribution in [0.5, 0.6) is 0 Å². The number of rotatable bonds is 0. The van der Waals surface area contributed by atoms with Gasteiger partial charge in [0, 0.05) is 12.1 Å². The first-order valence-electron chi connectivity index (χ1n) is 5.13. The Hall–Kier alpha value is -1.28. The van der Waals surface area contributed by atoms with Gasteiger partial charge in [0.15, 0.2) is 0 Å². The predicted molar refractivity (Wildman–Crippen MR) is 56.2 cm³/mol. The average molecular weight is 211 g/mol. The van der Waals surface area contributed by atoms with Gasteiger partial charge in [-0.3, -0.25) is 0 Å². The first-order chi connectivity index (χ1) is 6.92. The van der Waals surface area contributed by atoms with Crippen LogP contribution in [0.4, 0.5) is 4.79 Å². The van der Waals surface area contributed by atoms with Crippen molar-refractivity contribution in [3.63, 3.8) is 0 Å². The van der Waals surface area contributed by atoms with Crippen molar-refractivity contribution in [2.75, 3.05) is 13.1 Å². The highest BCUT2D eigenvalue weighted by molar-refractivity contribution is 5.69. The van der Waals surface area contributed by atoms with E-state index in [0.29, 0.717) is 18.7 Å². The van der Waals surface area contributed by atoms with Crippen LogP contribution in [0.25, 0.3) is 0 Å². The molecular formula is C11H17NO3. The van der Waals surface area contributed by atoms with Crippen LogP contribution in [0.3, 0.4) is 0 Å². The summed E-state index contributed by atoms with van der Waals surface area (Å²) in [6, 6.07) is 0. The zero-order valence-electron chi connectivity index (χ0n) is 9.50. The van der Waals surface area contributed by atoms with Crippen molar-refractivity contribution >= 4 is 12.0 Å². The molecule has 0 aromatic rings. The van der Waals surface area contributed by atoms with Crippen LogP contribution in [-0.2, 0) is 9.53 Å². The summed E-state index contributed by atoms with van der Waals surface area (Å²) in [5.74, 6) is 1.87. The summed E-state index contributed by atoms with van der Waals surface area (Å²) >= 11 is 0. The zero-order valence-corrected chi connectivity index (χ0v) is 9.50. The molecule has 0 bridgehead atoms. The van der Waals surface area contributed by atoms with Gasteiger partial charge in [0.05, 0.1) is 6.54 Å². The lowest BCUT2D eigenvalue weighted by atomic mass is 10.1. The fraction of sp³-hybridized carbons (Fsp3) is 0.727. The van der Waals surface area contributed by atoms with E-state index in [9.17, 15) is 9.59 Å². The van der Waals surface area contributed by atoms with Crippen molar-refractivity contribution in [2.45, 2.75) is 39.2 Å². The van der Waals surface area contributed by atoms with Crippen molar-refractivity contribution in [3.05, 3.63) is 5.57 Å². The Morgan fingerprint density at radius 2 is 2.13 bits per heavy atom. The highest BCUT2D eigenvalue weighted by atomic mass is 16.6. The quantitative estimate of drug-likeness (QED) is 0.574. The largest absolute Gasteiger partial charge is 0.444 e. The molecule has 1 aliphatic heterocycles. The molecule has 0 aromatic carbocycles. The Morgan fingerprint density at radius 1 is 1.47 bits per heavy atom. The average Bonchev–Trinajstić information content (AvgIpc) is 2.15. The number of carbonyl (C=O) groups is 1. The van der Waals surface area contributed by atoms with E-state index in [1.807, 2.05) is 26.7 Å². The lowest BCUT2D eigenvalue weighted by Gasteiger charge is -2.30. The molecule has 0 aromatic heterocycles. The minimum Gasteiger partial charge on any atom is -0.444 e. The van der Waals surface area contributed by atoms with Gasteiger partial charge in [0.2, 0.25) is 0 Å². The van der Waals surface area contributed by atoms with Gasteiger partial charge < -0.3 is 9.64 Å². The van der Waals surface area contributed by atoms with E-state index in [-0.39, 0.29) is 6.09 Å². The molecule has 0 atom stereocenters. The molecule has 1 fully saturated rings. The molecule has 1 amide bonds. The number of likely N-dealkylation sites (tertiary alicyclic amines) is 1. The topological polar surface area (TPSA) is 46.6 Å². The third-order valence-corrected chi connectivity index (χ3v) is 2.08. The first-order valence-corrected chi connectivity index (χ1v) is 5.13. The number of hydrogen-bond acceptors (Lipinski definition) is 3. The second kappa shape index (κ2) is 4.49. The molecule has 0 saturated carbocycles. The molecule has 1 heterocycles. The molecule has 0 spiro atoms. The molecule has 15 heavy (non-hydrogen) atoms. The van der Waals surface area contributed by atoms with Crippen molar-refractivity contribution in [3.8, 4) is 0 Å². The fourth-order valence-corrected chi connectivity index (χ4v) is 1.44. The fourth-order valence-electron chi connectivity index (χ4n) is 1.44. The Labute approximate surface area is 89.9 Å². The normalized spacial score (nSPS) is 17.3. The maximum atomic E-state index is 11.6. The number of carbonyl (C=O) groups excluding carboxylic acids is 2. The lowest BCUT2D eigenvalue weighted by molar-refractivity contribution is 0.0248. The highest BCUT2D eigenvalue weighted by Crippen LogP contribution is 2.16. The first kappa shape index (κ1) is 11.8. The Balaban J connectivity index is 2.57. The zero-order chi connectivity index (χ0) is 11.5.